The van der Waals surface area contributed by atoms with E-state index in [0.717, 1.165) is 5.56 Å². The van der Waals surface area contributed by atoms with Crippen LogP contribution in [0.4, 0.5) is 5.88 Å². The summed E-state index contributed by atoms with van der Waals surface area (Å²) in [5.41, 5.74) is 1.52. The molecule has 0 spiro atoms. The second-order valence-corrected chi connectivity index (χ2v) is 6.38. The molecule has 0 aliphatic heterocycles. The fraction of sp³-hybridized carbons (Fsp3) is 0.167. The van der Waals surface area contributed by atoms with Crippen molar-refractivity contribution < 1.29 is 22.7 Å². The van der Waals surface area contributed by atoms with Gasteiger partial charge in [0.15, 0.2) is 23.0 Å². The SMILES string of the molecule is CCOc1ccc(C=Nc2oc(-c3ccco3)c(-c3ccco3)c2C#N)cc1OCC. The van der Waals surface area contributed by atoms with Crippen LogP contribution in [0.1, 0.15) is 25.0 Å². The fourth-order valence-electron chi connectivity index (χ4n) is 3.13. The summed E-state index contributed by atoms with van der Waals surface area (Å²) in [7, 11) is 0. The Morgan fingerprint density at radius 2 is 1.68 bits per heavy atom. The maximum Gasteiger partial charge on any atom is 0.238 e. The Hall–Kier alpha value is -4.18. The fourth-order valence-corrected chi connectivity index (χ4v) is 3.13. The molecule has 0 saturated heterocycles. The molecular formula is C24H20N2O5. The van der Waals surface area contributed by atoms with E-state index in [0.29, 0.717) is 47.6 Å². The van der Waals surface area contributed by atoms with Crippen molar-refractivity contribution in [2.24, 2.45) is 4.99 Å². The molecule has 0 saturated carbocycles. The van der Waals surface area contributed by atoms with Gasteiger partial charge in [0, 0.05) is 6.21 Å². The van der Waals surface area contributed by atoms with E-state index in [9.17, 15) is 5.26 Å². The van der Waals surface area contributed by atoms with Crippen LogP contribution in [0.25, 0.3) is 22.8 Å². The molecule has 0 aliphatic carbocycles. The second-order valence-electron chi connectivity index (χ2n) is 6.38. The summed E-state index contributed by atoms with van der Waals surface area (Å²) in [6.45, 7) is 4.87. The van der Waals surface area contributed by atoms with E-state index in [-0.39, 0.29) is 11.4 Å². The molecule has 3 aromatic heterocycles. The normalized spacial score (nSPS) is 11.0. The number of hydrogen-bond acceptors (Lipinski definition) is 7. The van der Waals surface area contributed by atoms with Crippen molar-refractivity contribution in [3.63, 3.8) is 0 Å². The average molecular weight is 416 g/mol. The number of hydrogen-bond donors (Lipinski definition) is 0. The molecule has 0 bridgehead atoms. The van der Waals surface area contributed by atoms with Crippen LogP contribution in [-0.4, -0.2) is 19.4 Å². The first-order valence-electron chi connectivity index (χ1n) is 9.83. The zero-order chi connectivity index (χ0) is 21.6. The van der Waals surface area contributed by atoms with Crippen molar-refractivity contribution in [2.75, 3.05) is 13.2 Å². The van der Waals surface area contributed by atoms with Crippen LogP contribution in [0.15, 0.2) is 73.2 Å². The van der Waals surface area contributed by atoms with Gasteiger partial charge in [-0.25, -0.2) is 4.99 Å². The predicted octanol–water partition coefficient (Wildman–Crippen LogP) is 6.22. The van der Waals surface area contributed by atoms with Gasteiger partial charge in [-0.3, -0.25) is 0 Å². The van der Waals surface area contributed by atoms with Crippen molar-refractivity contribution >= 4 is 12.1 Å². The van der Waals surface area contributed by atoms with Gasteiger partial charge in [-0.1, -0.05) is 0 Å². The molecule has 0 fully saturated rings. The summed E-state index contributed by atoms with van der Waals surface area (Å²) in [6.07, 6.45) is 4.68. The number of furan rings is 3. The number of benzene rings is 1. The third-order valence-corrected chi connectivity index (χ3v) is 4.41. The number of rotatable bonds is 8. The molecule has 0 unspecified atom stereocenters. The van der Waals surface area contributed by atoms with E-state index >= 15 is 0 Å². The summed E-state index contributed by atoms with van der Waals surface area (Å²) in [6, 6.07) is 14.7. The van der Waals surface area contributed by atoms with Gasteiger partial charge in [0.2, 0.25) is 5.88 Å². The number of ether oxygens (including phenoxy) is 2. The number of aliphatic imine (C=N–C) groups is 1. The highest BCUT2D eigenvalue weighted by Crippen LogP contribution is 2.42. The quantitative estimate of drug-likeness (QED) is 0.317. The standard InChI is InChI=1S/C24H20N2O5/c1-3-27-18-10-9-16(13-21(18)28-4-2)15-26-24-17(14-25)22(19-7-5-11-29-19)23(31-24)20-8-6-12-30-20/h5-13,15H,3-4H2,1-2H3. The maximum atomic E-state index is 9.82. The van der Waals surface area contributed by atoms with E-state index in [1.165, 1.54) is 12.5 Å². The lowest BCUT2D eigenvalue weighted by Gasteiger charge is -2.10. The van der Waals surface area contributed by atoms with E-state index in [4.69, 9.17) is 22.7 Å². The van der Waals surface area contributed by atoms with E-state index in [2.05, 4.69) is 11.1 Å². The first-order chi connectivity index (χ1) is 15.2. The van der Waals surface area contributed by atoms with Gasteiger partial charge in [0.1, 0.15) is 17.4 Å². The molecule has 4 rings (SSSR count). The Kier molecular flexibility index (Phi) is 5.90. The van der Waals surface area contributed by atoms with Gasteiger partial charge in [-0.15, -0.1) is 0 Å². The highest BCUT2D eigenvalue weighted by molar-refractivity contribution is 5.87. The lowest BCUT2D eigenvalue weighted by molar-refractivity contribution is 0.288. The maximum absolute atomic E-state index is 9.82. The summed E-state index contributed by atoms with van der Waals surface area (Å²) in [4.78, 5) is 4.43. The smallest absolute Gasteiger partial charge is 0.238 e. The van der Waals surface area contributed by atoms with E-state index in [1.807, 2.05) is 32.0 Å². The monoisotopic (exact) mass is 416 g/mol. The van der Waals surface area contributed by atoms with Gasteiger partial charge >= 0.3 is 0 Å². The molecule has 0 atom stereocenters. The minimum Gasteiger partial charge on any atom is -0.490 e. The number of nitrogens with zero attached hydrogens (tertiary/aromatic N) is 2. The van der Waals surface area contributed by atoms with Gasteiger partial charge in [0.05, 0.1) is 31.3 Å². The van der Waals surface area contributed by atoms with Crippen molar-refractivity contribution in [3.05, 3.63) is 66.1 Å². The zero-order valence-corrected chi connectivity index (χ0v) is 17.1. The Morgan fingerprint density at radius 3 is 2.32 bits per heavy atom. The van der Waals surface area contributed by atoms with Crippen LogP contribution in [0.5, 0.6) is 11.5 Å². The van der Waals surface area contributed by atoms with Gasteiger partial charge in [-0.05, 0) is 61.9 Å². The van der Waals surface area contributed by atoms with Crippen LogP contribution in [0.3, 0.4) is 0 Å². The third kappa shape index (κ3) is 4.09. The van der Waals surface area contributed by atoms with Gasteiger partial charge < -0.3 is 22.7 Å². The Bertz CT molecular complexity index is 1210. The third-order valence-electron chi connectivity index (χ3n) is 4.41. The molecule has 1 aromatic carbocycles. The van der Waals surface area contributed by atoms with Crippen LogP contribution in [0, 0.1) is 11.3 Å². The molecule has 3 heterocycles. The molecule has 156 valence electrons. The van der Waals surface area contributed by atoms with Crippen LogP contribution in [0.2, 0.25) is 0 Å². The van der Waals surface area contributed by atoms with Crippen molar-refractivity contribution in [1.29, 1.82) is 5.26 Å². The van der Waals surface area contributed by atoms with Crippen molar-refractivity contribution in [2.45, 2.75) is 13.8 Å². The minimum atomic E-state index is 0.159. The molecule has 0 radical (unpaired) electrons. The lowest BCUT2D eigenvalue weighted by atomic mass is 10.1. The lowest BCUT2D eigenvalue weighted by Crippen LogP contribution is -1.99. The average Bonchev–Trinajstić information content (AvgIpc) is 3.53. The highest BCUT2D eigenvalue weighted by Gasteiger charge is 2.26. The second kappa shape index (κ2) is 9.09. The van der Waals surface area contributed by atoms with E-state index in [1.54, 1.807) is 30.5 Å². The summed E-state index contributed by atoms with van der Waals surface area (Å²) >= 11 is 0. The number of nitriles is 1. The van der Waals surface area contributed by atoms with Crippen molar-refractivity contribution in [3.8, 4) is 40.4 Å². The largest absolute Gasteiger partial charge is 0.490 e. The van der Waals surface area contributed by atoms with E-state index < -0.39 is 0 Å². The predicted molar refractivity (Wildman–Crippen MR) is 115 cm³/mol. The van der Waals surface area contributed by atoms with Gasteiger partial charge in [0.25, 0.3) is 0 Å². The summed E-state index contributed by atoms with van der Waals surface area (Å²) < 4.78 is 28.2. The summed E-state index contributed by atoms with van der Waals surface area (Å²) in [5, 5.41) is 9.82. The van der Waals surface area contributed by atoms with Gasteiger partial charge in [-0.2, -0.15) is 5.26 Å². The van der Waals surface area contributed by atoms with Crippen LogP contribution in [-0.2, 0) is 0 Å². The molecular weight excluding hydrogens is 396 g/mol. The Morgan fingerprint density at radius 1 is 0.968 bits per heavy atom. The molecule has 0 amide bonds. The molecule has 4 aromatic rings. The minimum absolute atomic E-state index is 0.159. The summed E-state index contributed by atoms with van der Waals surface area (Å²) in [5.74, 6) is 2.80. The van der Waals surface area contributed by atoms with Crippen LogP contribution < -0.4 is 9.47 Å². The molecule has 7 heteroatoms. The molecule has 0 N–H and O–H groups in total. The first-order valence-corrected chi connectivity index (χ1v) is 9.83. The molecule has 31 heavy (non-hydrogen) atoms. The Balaban J connectivity index is 1.76. The highest BCUT2D eigenvalue weighted by atomic mass is 16.5. The topological polar surface area (TPSA) is 94.0 Å². The molecule has 0 aliphatic rings. The van der Waals surface area contributed by atoms with Crippen molar-refractivity contribution in [1.82, 2.24) is 0 Å². The van der Waals surface area contributed by atoms with Crippen LogP contribution >= 0.6 is 0 Å². The molecule has 7 nitrogen and oxygen atoms in total. The zero-order valence-electron chi connectivity index (χ0n) is 17.1. The Labute approximate surface area is 179 Å². The first kappa shape index (κ1) is 20.1.